The second kappa shape index (κ2) is 11.0. The topological polar surface area (TPSA) is 46.9 Å². The standard InChI is InChI=1S/C27H34FN3O3/c1-4-18-34-24-11-10-23(28)25-26(24)31(13-5-12-30-16-14-29(2)15-17-30)19-22(27(25)32)20-6-8-21(33-3)9-7-20/h6-11,19H,4-5,12-18H2,1-3H3. The van der Waals surface area contributed by atoms with Crippen LogP contribution in [0.25, 0.3) is 22.0 Å². The van der Waals surface area contributed by atoms with Crippen molar-refractivity contribution in [1.82, 2.24) is 14.4 Å². The number of piperazine rings is 1. The van der Waals surface area contributed by atoms with Crippen molar-refractivity contribution in [3.05, 3.63) is 58.6 Å². The summed E-state index contributed by atoms with van der Waals surface area (Å²) in [4.78, 5) is 18.3. The number of fused-ring (bicyclic) bond motifs is 1. The Morgan fingerprint density at radius 3 is 2.41 bits per heavy atom. The van der Waals surface area contributed by atoms with Gasteiger partial charge >= 0.3 is 0 Å². The zero-order chi connectivity index (χ0) is 24.1. The summed E-state index contributed by atoms with van der Waals surface area (Å²) in [5.41, 5.74) is 1.42. The lowest BCUT2D eigenvalue weighted by Crippen LogP contribution is -2.44. The van der Waals surface area contributed by atoms with Crippen molar-refractivity contribution in [2.45, 2.75) is 26.3 Å². The lowest BCUT2D eigenvalue weighted by molar-refractivity contribution is 0.151. The molecule has 7 heteroatoms. The van der Waals surface area contributed by atoms with Gasteiger partial charge in [-0.1, -0.05) is 19.1 Å². The summed E-state index contributed by atoms with van der Waals surface area (Å²) in [5.74, 6) is 0.738. The Labute approximate surface area is 200 Å². The molecule has 4 rings (SSSR count). The summed E-state index contributed by atoms with van der Waals surface area (Å²) in [6.45, 7) is 8.41. The number of aromatic nitrogens is 1. The molecule has 0 saturated carbocycles. The zero-order valence-corrected chi connectivity index (χ0v) is 20.3. The van der Waals surface area contributed by atoms with Gasteiger partial charge in [-0.15, -0.1) is 0 Å². The van der Waals surface area contributed by atoms with E-state index in [1.165, 1.54) is 6.07 Å². The Balaban J connectivity index is 1.74. The Bertz CT molecular complexity index is 1170. The van der Waals surface area contributed by atoms with Crippen molar-refractivity contribution >= 4 is 10.9 Å². The van der Waals surface area contributed by atoms with Crippen LogP contribution < -0.4 is 14.9 Å². The van der Waals surface area contributed by atoms with Gasteiger partial charge in [0.15, 0.2) is 5.43 Å². The van der Waals surface area contributed by atoms with E-state index in [-0.39, 0.29) is 10.8 Å². The average Bonchev–Trinajstić information content (AvgIpc) is 2.86. The molecule has 0 N–H and O–H groups in total. The summed E-state index contributed by atoms with van der Waals surface area (Å²) >= 11 is 0. The van der Waals surface area contributed by atoms with Crippen LogP contribution in [0.15, 0.2) is 47.4 Å². The third-order valence-corrected chi connectivity index (χ3v) is 6.47. The molecule has 34 heavy (non-hydrogen) atoms. The molecule has 0 atom stereocenters. The lowest BCUT2D eigenvalue weighted by atomic mass is 10.0. The normalized spacial score (nSPS) is 15.1. The highest BCUT2D eigenvalue weighted by molar-refractivity contribution is 5.89. The molecule has 0 aliphatic carbocycles. The maximum Gasteiger partial charge on any atom is 0.200 e. The van der Waals surface area contributed by atoms with E-state index in [1.54, 1.807) is 13.2 Å². The highest BCUT2D eigenvalue weighted by atomic mass is 19.1. The second-order valence-electron chi connectivity index (χ2n) is 8.91. The van der Waals surface area contributed by atoms with Crippen molar-refractivity contribution in [3.8, 4) is 22.6 Å². The molecule has 2 aromatic carbocycles. The number of hydrogen-bond donors (Lipinski definition) is 0. The molecule has 1 saturated heterocycles. The minimum absolute atomic E-state index is 0.0847. The van der Waals surface area contributed by atoms with Crippen LogP contribution in [-0.2, 0) is 6.54 Å². The molecule has 1 fully saturated rings. The van der Waals surface area contributed by atoms with Crippen LogP contribution in [0.5, 0.6) is 11.5 Å². The highest BCUT2D eigenvalue weighted by Crippen LogP contribution is 2.30. The molecule has 0 bridgehead atoms. The van der Waals surface area contributed by atoms with Gasteiger partial charge in [-0.3, -0.25) is 4.79 Å². The van der Waals surface area contributed by atoms with Crippen molar-refractivity contribution in [2.24, 2.45) is 0 Å². The maximum absolute atomic E-state index is 15.1. The first-order valence-electron chi connectivity index (χ1n) is 12.1. The fourth-order valence-electron chi connectivity index (χ4n) is 4.48. The van der Waals surface area contributed by atoms with Gasteiger partial charge in [0, 0.05) is 44.5 Å². The van der Waals surface area contributed by atoms with Gasteiger partial charge in [0.2, 0.25) is 0 Å². The Morgan fingerprint density at radius 2 is 1.74 bits per heavy atom. The minimum Gasteiger partial charge on any atom is -0.497 e. The molecular formula is C27H34FN3O3. The number of hydrogen-bond acceptors (Lipinski definition) is 5. The first kappa shape index (κ1) is 24.2. The zero-order valence-electron chi connectivity index (χ0n) is 20.3. The summed E-state index contributed by atoms with van der Waals surface area (Å²) in [7, 11) is 3.75. The third-order valence-electron chi connectivity index (χ3n) is 6.47. The number of likely N-dealkylation sites (N-methyl/N-ethyl adjacent to an activating group) is 1. The van der Waals surface area contributed by atoms with Crippen LogP contribution in [0.3, 0.4) is 0 Å². The number of pyridine rings is 1. The first-order valence-corrected chi connectivity index (χ1v) is 12.1. The van der Waals surface area contributed by atoms with E-state index >= 15 is 4.39 Å². The quantitative estimate of drug-likeness (QED) is 0.471. The fraction of sp³-hybridized carbons (Fsp3) is 0.444. The van der Waals surface area contributed by atoms with Gasteiger partial charge in [0.25, 0.3) is 0 Å². The van der Waals surface area contributed by atoms with E-state index in [4.69, 9.17) is 9.47 Å². The van der Waals surface area contributed by atoms with E-state index < -0.39 is 5.82 Å². The molecule has 0 spiro atoms. The molecule has 1 aromatic heterocycles. The van der Waals surface area contributed by atoms with Crippen LogP contribution in [0.2, 0.25) is 0 Å². The minimum atomic E-state index is -0.521. The summed E-state index contributed by atoms with van der Waals surface area (Å²) < 4.78 is 28.3. The molecule has 6 nitrogen and oxygen atoms in total. The van der Waals surface area contributed by atoms with Gasteiger partial charge in [0.05, 0.1) is 24.6 Å². The number of ether oxygens (including phenoxy) is 2. The highest BCUT2D eigenvalue weighted by Gasteiger charge is 2.19. The SMILES string of the molecule is CCCOc1ccc(F)c2c(=O)c(-c3ccc(OC)cc3)cn(CCCN3CCN(C)CC3)c12. The second-order valence-corrected chi connectivity index (χ2v) is 8.91. The predicted octanol–water partition coefficient (Wildman–Crippen LogP) is 4.24. The predicted molar refractivity (Wildman–Crippen MR) is 134 cm³/mol. The van der Waals surface area contributed by atoms with Crippen LogP contribution in [0, 0.1) is 5.82 Å². The van der Waals surface area contributed by atoms with Crippen molar-refractivity contribution < 1.29 is 13.9 Å². The maximum atomic E-state index is 15.1. The van der Waals surface area contributed by atoms with Gasteiger partial charge in [0.1, 0.15) is 17.3 Å². The van der Waals surface area contributed by atoms with E-state index in [2.05, 4.69) is 16.8 Å². The fourth-order valence-corrected chi connectivity index (χ4v) is 4.48. The Hall–Kier alpha value is -2.90. The number of benzene rings is 2. The smallest absolute Gasteiger partial charge is 0.200 e. The summed E-state index contributed by atoms with van der Waals surface area (Å²) in [6, 6.07) is 10.3. The molecule has 0 unspecified atom stereocenters. The first-order chi connectivity index (χ1) is 16.5. The Morgan fingerprint density at radius 1 is 1.00 bits per heavy atom. The molecular weight excluding hydrogens is 433 g/mol. The molecule has 182 valence electrons. The summed E-state index contributed by atoms with van der Waals surface area (Å²) in [6.07, 6.45) is 3.58. The number of aryl methyl sites for hydroxylation is 1. The molecule has 1 aliphatic heterocycles. The number of rotatable bonds is 9. The van der Waals surface area contributed by atoms with Gasteiger partial charge in [-0.25, -0.2) is 4.39 Å². The van der Waals surface area contributed by atoms with E-state index in [1.807, 2.05) is 42.0 Å². The lowest BCUT2D eigenvalue weighted by Gasteiger charge is -2.32. The van der Waals surface area contributed by atoms with Crippen LogP contribution in [0.1, 0.15) is 19.8 Å². The van der Waals surface area contributed by atoms with Crippen molar-refractivity contribution in [2.75, 3.05) is 53.5 Å². The third kappa shape index (κ3) is 5.26. The van der Waals surface area contributed by atoms with E-state index in [0.29, 0.717) is 35.7 Å². The van der Waals surface area contributed by atoms with Crippen molar-refractivity contribution in [1.29, 1.82) is 0 Å². The number of nitrogens with zero attached hydrogens (tertiary/aromatic N) is 3. The molecule has 0 radical (unpaired) electrons. The van der Waals surface area contributed by atoms with Gasteiger partial charge < -0.3 is 23.8 Å². The number of methoxy groups -OCH3 is 1. The molecule has 2 heterocycles. The largest absolute Gasteiger partial charge is 0.497 e. The van der Waals surface area contributed by atoms with Crippen molar-refractivity contribution in [3.63, 3.8) is 0 Å². The van der Waals surface area contributed by atoms with Crippen LogP contribution in [-0.4, -0.2) is 67.9 Å². The van der Waals surface area contributed by atoms with Crippen LogP contribution >= 0.6 is 0 Å². The van der Waals surface area contributed by atoms with Gasteiger partial charge in [-0.2, -0.15) is 0 Å². The molecule has 1 aliphatic rings. The molecule has 3 aromatic rings. The monoisotopic (exact) mass is 467 g/mol. The van der Waals surface area contributed by atoms with E-state index in [0.717, 1.165) is 51.1 Å². The van der Waals surface area contributed by atoms with Gasteiger partial charge in [-0.05, 0) is 56.3 Å². The number of halogens is 1. The summed E-state index contributed by atoms with van der Waals surface area (Å²) in [5, 5.41) is 0.0847. The molecule has 0 amide bonds. The average molecular weight is 468 g/mol. The Kier molecular flexibility index (Phi) is 7.85. The van der Waals surface area contributed by atoms with Crippen LogP contribution in [0.4, 0.5) is 4.39 Å². The van der Waals surface area contributed by atoms with E-state index in [9.17, 15) is 4.79 Å².